The number of nitrogens with zero attached hydrogens (tertiary/aromatic N) is 2. The first-order valence-corrected chi connectivity index (χ1v) is 7.10. The summed E-state index contributed by atoms with van der Waals surface area (Å²) in [7, 11) is 0. The van der Waals surface area contributed by atoms with Crippen molar-refractivity contribution >= 4 is 17.5 Å². The van der Waals surface area contributed by atoms with Crippen molar-refractivity contribution in [2.45, 2.75) is 38.8 Å². The van der Waals surface area contributed by atoms with Gasteiger partial charge in [0.15, 0.2) is 0 Å². The van der Waals surface area contributed by atoms with Gasteiger partial charge >= 0.3 is 0 Å². The molecule has 104 valence electrons. The minimum Gasteiger partial charge on any atom is -0.349 e. The summed E-state index contributed by atoms with van der Waals surface area (Å²) >= 11 is 5.99. The fourth-order valence-corrected chi connectivity index (χ4v) is 2.56. The molecule has 5 heteroatoms. The van der Waals surface area contributed by atoms with Crippen molar-refractivity contribution in [3.63, 3.8) is 0 Å². The highest BCUT2D eigenvalue weighted by atomic mass is 35.5. The molecule has 2 rings (SSSR count). The Morgan fingerprint density at radius 1 is 1.47 bits per heavy atom. The van der Waals surface area contributed by atoms with Crippen molar-refractivity contribution in [1.29, 1.82) is 0 Å². The van der Waals surface area contributed by atoms with Gasteiger partial charge in [-0.25, -0.2) is 0 Å². The van der Waals surface area contributed by atoms with Crippen LogP contribution >= 0.6 is 11.6 Å². The number of amides is 1. The third-order valence-corrected chi connectivity index (χ3v) is 3.94. The Morgan fingerprint density at radius 3 is 2.74 bits per heavy atom. The molecule has 1 amide bonds. The molecule has 0 radical (unpaired) electrons. The highest BCUT2D eigenvalue weighted by Crippen LogP contribution is 2.16. The van der Waals surface area contributed by atoms with Crippen LogP contribution in [0.1, 0.15) is 37.0 Å². The van der Waals surface area contributed by atoms with Crippen molar-refractivity contribution in [3.8, 4) is 0 Å². The number of likely N-dealkylation sites (tertiary alicyclic amines) is 1. The highest BCUT2D eigenvalue weighted by molar-refractivity contribution is 6.33. The first-order valence-electron chi connectivity index (χ1n) is 6.72. The fraction of sp³-hybridized carbons (Fsp3) is 0.571. The van der Waals surface area contributed by atoms with E-state index in [0.717, 1.165) is 25.9 Å². The topological polar surface area (TPSA) is 45.2 Å². The number of carbonyl (C=O) groups excluding carboxylic acids is 1. The van der Waals surface area contributed by atoms with Crippen molar-refractivity contribution < 1.29 is 4.79 Å². The molecule has 1 saturated heterocycles. The predicted molar refractivity (Wildman–Crippen MR) is 76.4 cm³/mol. The van der Waals surface area contributed by atoms with E-state index in [2.05, 4.69) is 29.0 Å². The molecule has 1 N–H and O–H groups in total. The number of carbonyl (C=O) groups is 1. The van der Waals surface area contributed by atoms with Crippen LogP contribution in [0.5, 0.6) is 0 Å². The number of aromatic nitrogens is 1. The monoisotopic (exact) mass is 281 g/mol. The van der Waals surface area contributed by atoms with E-state index >= 15 is 0 Å². The lowest BCUT2D eigenvalue weighted by atomic mass is 10.0. The second-order valence-corrected chi connectivity index (χ2v) is 5.64. The van der Waals surface area contributed by atoms with E-state index < -0.39 is 0 Å². The number of pyridine rings is 1. The number of hydrogen-bond acceptors (Lipinski definition) is 3. The summed E-state index contributed by atoms with van der Waals surface area (Å²) in [6.07, 6.45) is 5.07. The van der Waals surface area contributed by atoms with Gasteiger partial charge in [0.2, 0.25) is 0 Å². The summed E-state index contributed by atoms with van der Waals surface area (Å²) in [5.41, 5.74) is 0.454. The van der Waals surface area contributed by atoms with E-state index in [9.17, 15) is 4.79 Å². The maximum atomic E-state index is 12.1. The molecule has 0 bridgehead atoms. The van der Waals surface area contributed by atoms with Crippen LogP contribution in [-0.4, -0.2) is 41.0 Å². The molecule has 1 fully saturated rings. The Morgan fingerprint density at radius 2 is 2.16 bits per heavy atom. The summed E-state index contributed by atoms with van der Waals surface area (Å²) in [4.78, 5) is 18.5. The van der Waals surface area contributed by atoms with Crippen molar-refractivity contribution in [2.75, 3.05) is 13.1 Å². The molecular weight excluding hydrogens is 262 g/mol. The van der Waals surface area contributed by atoms with Gasteiger partial charge in [0.25, 0.3) is 5.91 Å². The summed E-state index contributed by atoms with van der Waals surface area (Å²) < 4.78 is 0. The average molecular weight is 282 g/mol. The van der Waals surface area contributed by atoms with Gasteiger partial charge in [-0.3, -0.25) is 9.78 Å². The summed E-state index contributed by atoms with van der Waals surface area (Å²) in [6, 6.07) is 2.45. The molecular formula is C14H20ClN3O. The molecule has 1 aromatic heterocycles. The quantitative estimate of drug-likeness (QED) is 0.925. The van der Waals surface area contributed by atoms with Crippen LogP contribution < -0.4 is 5.32 Å². The van der Waals surface area contributed by atoms with E-state index in [-0.39, 0.29) is 11.9 Å². The number of halogens is 1. The fourth-order valence-electron chi connectivity index (χ4n) is 2.37. The van der Waals surface area contributed by atoms with Gasteiger partial charge in [-0.05, 0) is 32.8 Å². The highest BCUT2D eigenvalue weighted by Gasteiger charge is 2.23. The van der Waals surface area contributed by atoms with Crippen molar-refractivity contribution in [2.24, 2.45) is 0 Å². The molecule has 0 unspecified atom stereocenters. The third kappa shape index (κ3) is 3.67. The molecule has 0 saturated carbocycles. The van der Waals surface area contributed by atoms with Crippen LogP contribution in [0.4, 0.5) is 0 Å². The van der Waals surface area contributed by atoms with Gasteiger partial charge in [0, 0.05) is 37.6 Å². The van der Waals surface area contributed by atoms with Gasteiger partial charge in [-0.1, -0.05) is 11.6 Å². The Balaban J connectivity index is 1.89. The van der Waals surface area contributed by atoms with Gasteiger partial charge in [0.1, 0.15) is 0 Å². The molecule has 2 heterocycles. The maximum absolute atomic E-state index is 12.1. The van der Waals surface area contributed by atoms with E-state index in [4.69, 9.17) is 11.6 Å². The molecule has 0 aromatic carbocycles. The van der Waals surface area contributed by atoms with Gasteiger partial charge in [-0.15, -0.1) is 0 Å². The average Bonchev–Trinajstić information content (AvgIpc) is 2.39. The first kappa shape index (κ1) is 14.3. The molecule has 1 aliphatic rings. The van der Waals surface area contributed by atoms with Crippen LogP contribution in [0.25, 0.3) is 0 Å². The van der Waals surface area contributed by atoms with Crippen LogP contribution in [0.2, 0.25) is 5.02 Å². The zero-order valence-electron chi connectivity index (χ0n) is 11.4. The molecule has 1 aliphatic heterocycles. The predicted octanol–water partition coefficient (Wildman–Crippen LogP) is 2.34. The van der Waals surface area contributed by atoms with Crippen LogP contribution in [0.3, 0.4) is 0 Å². The first-order chi connectivity index (χ1) is 9.08. The minimum absolute atomic E-state index is 0.124. The summed E-state index contributed by atoms with van der Waals surface area (Å²) in [5, 5.41) is 3.50. The van der Waals surface area contributed by atoms with E-state index in [0.29, 0.717) is 16.6 Å². The van der Waals surface area contributed by atoms with Gasteiger partial charge in [0.05, 0.1) is 10.6 Å². The molecule has 0 atom stereocenters. The number of rotatable bonds is 3. The number of nitrogens with one attached hydrogen (secondary N) is 1. The lowest BCUT2D eigenvalue weighted by molar-refractivity contribution is 0.0900. The van der Waals surface area contributed by atoms with Crippen LogP contribution in [0, 0.1) is 0 Å². The van der Waals surface area contributed by atoms with Crippen molar-refractivity contribution in [3.05, 3.63) is 29.0 Å². The van der Waals surface area contributed by atoms with Gasteiger partial charge < -0.3 is 10.2 Å². The molecule has 0 spiro atoms. The van der Waals surface area contributed by atoms with Crippen LogP contribution in [-0.2, 0) is 0 Å². The minimum atomic E-state index is -0.124. The zero-order valence-corrected chi connectivity index (χ0v) is 12.2. The number of piperidine rings is 1. The Kier molecular flexibility index (Phi) is 4.77. The van der Waals surface area contributed by atoms with E-state index in [1.807, 2.05) is 0 Å². The smallest absolute Gasteiger partial charge is 0.254 e. The Labute approximate surface area is 119 Å². The maximum Gasteiger partial charge on any atom is 0.254 e. The lowest BCUT2D eigenvalue weighted by Crippen LogP contribution is -2.46. The second kappa shape index (κ2) is 6.35. The largest absolute Gasteiger partial charge is 0.349 e. The SMILES string of the molecule is CC(C)N1CCC(NC(=O)c2cnccc2Cl)CC1. The van der Waals surface area contributed by atoms with Gasteiger partial charge in [-0.2, -0.15) is 0 Å². The van der Waals surface area contributed by atoms with E-state index in [1.165, 1.54) is 6.20 Å². The molecule has 1 aromatic rings. The molecule has 0 aliphatic carbocycles. The Hall–Kier alpha value is -1.13. The molecule has 19 heavy (non-hydrogen) atoms. The Bertz CT molecular complexity index is 442. The third-order valence-electron chi connectivity index (χ3n) is 3.61. The molecule has 4 nitrogen and oxygen atoms in total. The normalized spacial score (nSPS) is 17.7. The standard InChI is InChI=1S/C14H20ClN3O/c1-10(2)18-7-4-11(5-8-18)17-14(19)12-9-16-6-3-13(12)15/h3,6,9-11H,4-5,7-8H2,1-2H3,(H,17,19). The summed E-state index contributed by atoms with van der Waals surface area (Å²) in [6.45, 7) is 6.47. The van der Waals surface area contributed by atoms with Crippen molar-refractivity contribution in [1.82, 2.24) is 15.2 Å². The van der Waals surface area contributed by atoms with Crippen LogP contribution in [0.15, 0.2) is 18.5 Å². The lowest BCUT2D eigenvalue weighted by Gasteiger charge is -2.34. The zero-order chi connectivity index (χ0) is 13.8. The second-order valence-electron chi connectivity index (χ2n) is 5.23. The summed E-state index contributed by atoms with van der Waals surface area (Å²) in [5.74, 6) is -0.124. The van der Waals surface area contributed by atoms with E-state index in [1.54, 1.807) is 12.3 Å². The number of hydrogen-bond donors (Lipinski definition) is 1.